The predicted molar refractivity (Wildman–Crippen MR) is 76.0 cm³/mol. The fourth-order valence-corrected chi connectivity index (χ4v) is 3.19. The zero-order valence-electron chi connectivity index (χ0n) is 10.6. The topological polar surface area (TPSA) is 75.4 Å². The fourth-order valence-electron chi connectivity index (χ4n) is 2.37. The number of nitrogen functional groups attached to an aromatic ring is 1. The van der Waals surface area contributed by atoms with Gasteiger partial charge in [-0.15, -0.1) is 11.3 Å². The highest BCUT2D eigenvalue weighted by atomic mass is 32.1. The third kappa shape index (κ3) is 2.09. The molecule has 1 aliphatic rings. The molecule has 3 rings (SSSR count). The first kappa shape index (κ1) is 12.8. The minimum absolute atomic E-state index is 0.00547. The number of nitrogens with one attached hydrogen (secondary N) is 1. The van der Waals surface area contributed by atoms with Crippen LogP contribution in [-0.2, 0) is 13.1 Å². The number of nitrogens with two attached hydrogens (primary N) is 1. The maximum Gasteiger partial charge on any atom is 0.275 e. The summed E-state index contributed by atoms with van der Waals surface area (Å²) in [4.78, 5) is 26.2. The molecule has 20 heavy (non-hydrogen) atoms. The Balaban J connectivity index is 1.83. The Hall–Kier alpha value is -2.18. The summed E-state index contributed by atoms with van der Waals surface area (Å²) in [5.74, 6) is 4.85. The molecule has 0 saturated heterocycles. The van der Waals surface area contributed by atoms with Crippen LogP contribution >= 0.6 is 11.3 Å². The summed E-state index contributed by atoms with van der Waals surface area (Å²) in [6, 6.07) is 9.42. The number of rotatable bonds is 3. The highest BCUT2D eigenvalue weighted by Crippen LogP contribution is 2.26. The normalized spacial score (nSPS) is 13.4. The van der Waals surface area contributed by atoms with Crippen LogP contribution in [0.15, 0.2) is 35.7 Å². The molecule has 0 saturated carbocycles. The number of amides is 2. The zero-order valence-corrected chi connectivity index (χ0v) is 11.4. The van der Waals surface area contributed by atoms with E-state index >= 15 is 0 Å². The van der Waals surface area contributed by atoms with Gasteiger partial charge >= 0.3 is 0 Å². The van der Waals surface area contributed by atoms with Crippen LogP contribution in [0.4, 0.5) is 0 Å². The van der Waals surface area contributed by atoms with Gasteiger partial charge in [-0.3, -0.25) is 15.0 Å². The van der Waals surface area contributed by atoms with Gasteiger partial charge in [0, 0.05) is 18.7 Å². The number of hydrogen-bond acceptors (Lipinski definition) is 4. The first-order valence-corrected chi connectivity index (χ1v) is 7.03. The van der Waals surface area contributed by atoms with E-state index in [9.17, 15) is 9.59 Å². The lowest BCUT2D eigenvalue weighted by molar-refractivity contribution is 0.0764. The molecule has 102 valence electrons. The van der Waals surface area contributed by atoms with Crippen LogP contribution in [0.1, 0.15) is 31.2 Å². The first-order valence-electron chi connectivity index (χ1n) is 6.15. The molecule has 0 radical (unpaired) electrons. The van der Waals surface area contributed by atoms with E-state index in [0.29, 0.717) is 18.0 Å². The summed E-state index contributed by atoms with van der Waals surface area (Å²) >= 11 is 1.32. The smallest absolute Gasteiger partial charge is 0.275 e. The maximum absolute atomic E-state index is 12.3. The molecule has 0 bridgehead atoms. The third-order valence-electron chi connectivity index (χ3n) is 3.34. The number of thiophene rings is 1. The molecule has 0 spiro atoms. The molecule has 0 fully saturated rings. The van der Waals surface area contributed by atoms with Gasteiger partial charge in [-0.2, -0.15) is 0 Å². The number of hydrazine groups is 1. The van der Waals surface area contributed by atoms with Gasteiger partial charge in [0.2, 0.25) is 0 Å². The lowest BCUT2D eigenvalue weighted by atomic mass is 10.1. The maximum atomic E-state index is 12.3. The van der Waals surface area contributed by atoms with E-state index in [2.05, 4.69) is 5.43 Å². The van der Waals surface area contributed by atoms with Gasteiger partial charge in [-0.05, 0) is 28.6 Å². The number of carbonyl (C=O) groups is 2. The van der Waals surface area contributed by atoms with Gasteiger partial charge < -0.3 is 4.90 Å². The van der Waals surface area contributed by atoms with Crippen LogP contribution in [0, 0.1) is 0 Å². The van der Waals surface area contributed by atoms with Crippen molar-refractivity contribution >= 4 is 23.2 Å². The zero-order chi connectivity index (χ0) is 14.1. The molecular formula is C14H13N3O2S. The third-order valence-corrected chi connectivity index (χ3v) is 4.30. The van der Waals surface area contributed by atoms with E-state index in [1.807, 2.05) is 35.7 Å². The first-order chi connectivity index (χ1) is 9.70. The van der Waals surface area contributed by atoms with E-state index in [0.717, 1.165) is 16.7 Å². The predicted octanol–water partition coefficient (Wildman–Crippen LogP) is 1.51. The molecule has 2 aromatic rings. The summed E-state index contributed by atoms with van der Waals surface area (Å²) in [6.45, 7) is 0.994. The Morgan fingerprint density at radius 1 is 1.35 bits per heavy atom. The summed E-state index contributed by atoms with van der Waals surface area (Å²) in [5.41, 5.74) is 4.72. The van der Waals surface area contributed by atoms with Crippen LogP contribution in [0.25, 0.3) is 0 Å². The Morgan fingerprint density at radius 3 is 2.90 bits per heavy atom. The molecule has 1 aliphatic heterocycles. The molecular weight excluding hydrogens is 274 g/mol. The van der Waals surface area contributed by atoms with Gasteiger partial charge in [0.05, 0.1) is 4.88 Å². The van der Waals surface area contributed by atoms with Crippen molar-refractivity contribution in [2.24, 2.45) is 5.84 Å². The van der Waals surface area contributed by atoms with Crippen molar-refractivity contribution in [3.8, 4) is 0 Å². The highest BCUT2D eigenvalue weighted by molar-refractivity contribution is 7.12. The van der Waals surface area contributed by atoms with Crippen molar-refractivity contribution in [2.45, 2.75) is 13.1 Å². The molecule has 0 unspecified atom stereocenters. The van der Waals surface area contributed by atoms with Crippen molar-refractivity contribution in [3.05, 3.63) is 57.3 Å². The van der Waals surface area contributed by atoms with E-state index in [1.165, 1.54) is 11.3 Å². The molecule has 3 N–H and O–H groups in total. The summed E-state index contributed by atoms with van der Waals surface area (Å²) < 4.78 is 0. The number of nitrogens with zero attached hydrogens (tertiary/aromatic N) is 1. The average Bonchev–Trinajstić information content (AvgIpc) is 3.05. The van der Waals surface area contributed by atoms with Crippen LogP contribution in [0.5, 0.6) is 0 Å². The molecule has 1 aromatic heterocycles. The van der Waals surface area contributed by atoms with Crippen LogP contribution in [0.3, 0.4) is 0 Å². The second-order valence-corrected chi connectivity index (χ2v) is 5.48. The highest BCUT2D eigenvalue weighted by Gasteiger charge is 2.27. The van der Waals surface area contributed by atoms with Crippen molar-refractivity contribution < 1.29 is 9.59 Å². The largest absolute Gasteiger partial charge is 0.330 e. The van der Waals surface area contributed by atoms with E-state index in [-0.39, 0.29) is 11.8 Å². The molecule has 2 heterocycles. The van der Waals surface area contributed by atoms with Gasteiger partial charge in [-0.1, -0.05) is 18.2 Å². The minimum Gasteiger partial charge on any atom is -0.330 e. The number of carbonyl (C=O) groups excluding carboxylic acids is 2. The summed E-state index contributed by atoms with van der Waals surface area (Å²) in [5, 5.41) is 1.83. The second kappa shape index (κ2) is 5.07. The number of benzene rings is 1. The van der Waals surface area contributed by atoms with E-state index in [4.69, 9.17) is 5.84 Å². The van der Waals surface area contributed by atoms with Crippen LogP contribution in [-0.4, -0.2) is 16.7 Å². The minimum atomic E-state index is -0.320. The van der Waals surface area contributed by atoms with E-state index in [1.54, 1.807) is 4.90 Å². The van der Waals surface area contributed by atoms with Crippen molar-refractivity contribution in [3.63, 3.8) is 0 Å². The standard InChI is InChI=1S/C14H13N3O2S/c15-16-13(18)12-10(5-6-20-12)8-17-7-9-3-1-2-4-11(9)14(17)19/h1-6H,7-8,15H2,(H,16,18). The summed E-state index contributed by atoms with van der Waals surface area (Å²) in [6.07, 6.45) is 0. The Labute approximate surface area is 120 Å². The molecule has 5 nitrogen and oxygen atoms in total. The summed E-state index contributed by atoms with van der Waals surface area (Å²) in [7, 11) is 0. The molecule has 6 heteroatoms. The lowest BCUT2D eigenvalue weighted by Crippen LogP contribution is -2.31. The molecule has 0 aliphatic carbocycles. The fraction of sp³-hybridized carbons (Fsp3) is 0.143. The Morgan fingerprint density at radius 2 is 2.15 bits per heavy atom. The lowest BCUT2D eigenvalue weighted by Gasteiger charge is -2.15. The average molecular weight is 287 g/mol. The van der Waals surface area contributed by atoms with Crippen LogP contribution < -0.4 is 11.3 Å². The van der Waals surface area contributed by atoms with Crippen molar-refractivity contribution in [1.82, 2.24) is 10.3 Å². The Bertz CT molecular complexity index is 681. The van der Waals surface area contributed by atoms with Crippen LogP contribution in [0.2, 0.25) is 0 Å². The van der Waals surface area contributed by atoms with Gasteiger partial charge in [-0.25, -0.2) is 5.84 Å². The van der Waals surface area contributed by atoms with Gasteiger partial charge in [0.15, 0.2) is 0 Å². The SMILES string of the molecule is NNC(=O)c1sccc1CN1Cc2ccccc2C1=O. The molecule has 1 aromatic carbocycles. The quantitative estimate of drug-likeness (QED) is 0.510. The Kier molecular flexibility index (Phi) is 3.25. The molecule has 0 atom stereocenters. The van der Waals surface area contributed by atoms with Crippen molar-refractivity contribution in [1.29, 1.82) is 0 Å². The van der Waals surface area contributed by atoms with E-state index < -0.39 is 0 Å². The van der Waals surface area contributed by atoms with Gasteiger partial charge in [0.25, 0.3) is 11.8 Å². The molecule has 2 amide bonds. The van der Waals surface area contributed by atoms with Crippen molar-refractivity contribution in [2.75, 3.05) is 0 Å². The second-order valence-electron chi connectivity index (χ2n) is 4.57. The number of hydrogen-bond donors (Lipinski definition) is 2. The monoisotopic (exact) mass is 287 g/mol. The number of fused-ring (bicyclic) bond motifs is 1. The van der Waals surface area contributed by atoms with Gasteiger partial charge in [0.1, 0.15) is 0 Å².